The van der Waals surface area contributed by atoms with Gasteiger partial charge < -0.3 is 15.4 Å². The van der Waals surface area contributed by atoms with E-state index in [1.54, 1.807) is 53.4 Å². The summed E-state index contributed by atoms with van der Waals surface area (Å²) >= 11 is 12.6. The second-order valence-corrected chi connectivity index (χ2v) is 14.7. The van der Waals surface area contributed by atoms with Gasteiger partial charge in [0.25, 0.3) is 5.91 Å². The highest BCUT2D eigenvalue weighted by Crippen LogP contribution is 2.49. The quantitative estimate of drug-likeness (QED) is 0.280. The van der Waals surface area contributed by atoms with Gasteiger partial charge in [-0.05, 0) is 79.1 Å². The number of para-hydroxylation sites is 1. The lowest BCUT2D eigenvalue weighted by Gasteiger charge is -2.49. The molecule has 44 heavy (non-hydrogen) atoms. The lowest BCUT2D eigenvalue weighted by molar-refractivity contribution is -0.181. The lowest BCUT2D eigenvalue weighted by Crippen LogP contribution is -2.59. The fourth-order valence-corrected chi connectivity index (χ4v) is 8.24. The van der Waals surface area contributed by atoms with Gasteiger partial charge in [-0.25, -0.2) is 12.8 Å². The number of primary amides is 1. The zero-order chi connectivity index (χ0) is 31.2. The van der Waals surface area contributed by atoms with E-state index in [1.807, 2.05) is 6.07 Å². The first-order valence-electron chi connectivity index (χ1n) is 14.6. The minimum Gasteiger partial charge on any atom is -0.370 e. The van der Waals surface area contributed by atoms with E-state index in [2.05, 4.69) is 0 Å². The summed E-state index contributed by atoms with van der Waals surface area (Å²) in [4.78, 5) is 28.2. The standard InChI is InChI=1S/C32H32Cl2FN3O5S/c33-22-12-10-20(11-13-22)30-31(21-4-3-5-23(34)16-21)43-28(17-29(36)39)32(40)38(30)27(19-8-9-19)18-37(44(41,42)24-14-15-24)26-7-2-1-6-25(26)35/h1-7,10-13,16,19,24,27-28,30-31H,8-9,14-15,17-18H2,(H2,36,39). The molecule has 2 aliphatic carbocycles. The maximum absolute atomic E-state index is 15.3. The molecule has 4 unspecified atom stereocenters. The Kier molecular flexibility index (Phi) is 8.63. The van der Waals surface area contributed by atoms with Gasteiger partial charge in [0.2, 0.25) is 15.9 Å². The van der Waals surface area contributed by atoms with Crippen LogP contribution in [0.5, 0.6) is 0 Å². The van der Waals surface area contributed by atoms with Crippen molar-refractivity contribution in [3.63, 3.8) is 0 Å². The van der Waals surface area contributed by atoms with Crippen LogP contribution in [0.4, 0.5) is 10.1 Å². The first-order chi connectivity index (χ1) is 21.0. The zero-order valence-corrected chi connectivity index (χ0v) is 26.0. The van der Waals surface area contributed by atoms with E-state index in [0.717, 1.165) is 17.1 Å². The van der Waals surface area contributed by atoms with Gasteiger partial charge in [0, 0.05) is 10.0 Å². The second kappa shape index (κ2) is 12.3. The number of amides is 2. The normalized spacial score (nSPS) is 22.9. The predicted octanol–water partition coefficient (Wildman–Crippen LogP) is 5.80. The fraction of sp³-hybridized carbons (Fsp3) is 0.375. The number of carbonyl (C=O) groups is 2. The Morgan fingerprint density at radius 2 is 1.68 bits per heavy atom. The number of rotatable bonds is 11. The van der Waals surface area contributed by atoms with E-state index in [4.69, 9.17) is 33.7 Å². The maximum Gasteiger partial charge on any atom is 0.253 e. The van der Waals surface area contributed by atoms with Crippen LogP contribution >= 0.6 is 23.2 Å². The van der Waals surface area contributed by atoms with E-state index in [1.165, 1.54) is 18.2 Å². The maximum atomic E-state index is 15.3. The van der Waals surface area contributed by atoms with Gasteiger partial charge in [-0.1, -0.05) is 59.6 Å². The Morgan fingerprint density at radius 3 is 2.30 bits per heavy atom. The van der Waals surface area contributed by atoms with Gasteiger partial charge in [-0.2, -0.15) is 0 Å². The summed E-state index contributed by atoms with van der Waals surface area (Å²) in [5, 5.41) is 0.335. The van der Waals surface area contributed by atoms with Crippen LogP contribution in [-0.2, 0) is 24.3 Å². The van der Waals surface area contributed by atoms with Gasteiger partial charge in [-0.15, -0.1) is 0 Å². The summed E-state index contributed by atoms with van der Waals surface area (Å²) in [6.45, 7) is -0.161. The number of sulfonamides is 1. The number of hydrogen-bond donors (Lipinski definition) is 1. The molecule has 2 N–H and O–H groups in total. The van der Waals surface area contributed by atoms with E-state index >= 15 is 4.39 Å². The molecule has 2 saturated carbocycles. The largest absolute Gasteiger partial charge is 0.370 e. The predicted molar refractivity (Wildman–Crippen MR) is 166 cm³/mol. The van der Waals surface area contributed by atoms with Crippen molar-refractivity contribution in [3.05, 3.63) is 99.8 Å². The average Bonchev–Trinajstić information content (AvgIpc) is 3.89. The average molecular weight is 661 g/mol. The number of nitrogens with two attached hydrogens (primary N) is 1. The smallest absolute Gasteiger partial charge is 0.253 e. The highest BCUT2D eigenvalue weighted by Gasteiger charge is 2.52. The summed E-state index contributed by atoms with van der Waals surface area (Å²) < 4.78 is 50.5. The van der Waals surface area contributed by atoms with Crippen molar-refractivity contribution in [2.24, 2.45) is 11.7 Å². The molecule has 0 radical (unpaired) electrons. The summed E-state index contributed by atoms with van der Waals surface area (Å²) in [7, 11) is -3.94. The molecule has 1 aliphatic heterocycles. The molecule has 1 heterocycles. The number of carbonyl (C=O) groups excluding carboxylic acids is 2. The first kappa shape index (κ1) is 30.8. The Bertz CT molecular complexity index is 1670. The highest BCUT2D eigenvalue weighted by atomic mass is 35.5. The van der Waals surface area contributed by atoms with Crippen LogP contribution in [0.25, 0.3) is 0 Å². The number of morpholine rings is 1. The van der Waals surface area contributed by atoms with Crippen LogP contribution in [0, 0.1) is 11.7 Å². The van der Waals surface area contributed by atoms with E-state index in [9.17, 15) is 18.0 Å². The van der Waals surface area contributed by atoms with Gasteiger partial charge in [0.15, 0.2) is 0 Å². The molecular formula is C32H32Cl2FN3O5S. The van der Waals surface area contributed by atoms with E-state index < -0.39 is 57.2 Å². The highest BCUT2D eigenvalue weighted by molar-refractivity contribution is 7.93. The molecule has 2 amide bonds. The number of anilines is 1. The molecule has 1 saturated heterocycles. The molecule has 232 valence electrons. The molecule has 4 atom stereocenters. The van der Waals surface area contributed by atoms with Gasteiger partial charge in [-0.3, -0.25) is 13.9 Å². The number of halogens is 3. The van der Waals surface area contributed by atoms with Crippen molar-refractivity contribution in [3.8, 4) is 0 Å². The van der Waals surface area contributed by atoms with Crippen LogP contribution in [0.1, 0.15) is 55.4 Å². The monoisotopic (exact) mass is 659 g/mol. The molecule has 12 heteroatoms. The SMILES string of the molecule is NC(=O)CC1OC(c2cccc(Cl)c2)C(c2ccc(Cl)cc2)N(C(CN(c2ccccc2F)S(=O)(=O)C2CC2)C2CC2)C1=O. The number of nitrogens with zero attached hydrogens (tertiary/aromatic N) is 2. The Morgan fingerprint density at radius 1 is 0.977 bits per heavy atom. The van der Waals surface area contributed by atoms with Crippen molar-refractivity contribution in [1.82, 2.24) is 4.90 Å². The van der Waals surface area contributed by atoms with Gasteiger partial charge in [0.1, 0.15) is 18.0 Å². The molecule has 3 aliphatic rings. The van der Waals surface area contributed by atoms with E-state index in [-0.39, 0.29) is 24.6 Å². The van der Waals surface area contributed by atoms with Crippen molar-refractivity contribution < 1.29 is 27.1 Å². The molecule has 0 spiro atoms. The molecule has 8 nitrogen and oxygen atoms in total. The van der Waals surface area contributed by atoms with Crippen LogP contribution in [0.2, 0.25) is 10.0 Å². The molecule has 0 aromatic heterocycles. The fourth-order valence-electron chi connectivity index (χ4n) is 6.04. The third-order valence-corrected chi connectivity index (χ3v) is 11.2. The third kappa shape index (κ3) is 6.31. The van der Waals surface area contributed by atoms with Gasteiger partial charge >= 0.3 is 0 Å². The first-order valence-corrected chi connectivity index (χ1v) is 16.8. The summed E-state index contributed by atoms with van der Waals surface area (Å²) in [6.07, 6.45) is 0.0995. The Hall–Kier alpha value is -3.18. The van der Waals surface area contributed by atoms with Crippen molar-refractivity contribution in [2.45, 2.75) is 61.6 Å². The van der Waals surface area contributed by atoms with Crippen LogP contribution in [0.15, 0.2) is 72.8 Å². The minimum absolute atomic E-state index is 0.0612. The van der Waals surface area contributed by atoms with Crippen molar-refractivity contribution >= 4 is 50.7 Å². The summed E-state index contributed by atoms with van der Waals surface area (Å²) in [5.41, 5.74) is 6.86. The van der Waals surface area contributed by atoms with Crippen LogP contribution < -0.4 is 10.0 Å². The number of hydrogen-bond acceptors (Lipinski definition) is 5. The number of ether oxygens (including phenoxy) is 1. The molecular weight excluding hydrogens is 628 g/mol. The Balaban J connectivity index is 1.51. The van der Waals surface area contributed by atoms with Crippen LogP contribution in [-0.4, -0.2) is 49.1 Å². The molecule has 3 fully saturated rings. The van der Waals surface area contributed by atoms with Crippen LogP contribution in [0.3, 0.4) is 0 Å². The molecule has 0 bridgehead atoms. The lowest BCUT2D eigenvalue weighted by atomic mass is 9.89. The second-order valence-electron chi connectivity index (χ2n) is 11.6. The van der Waals surface area contributed by atoms with Gasteiger partial charge in [0.05, 0.1) is 36.0 Å². The molecule has 3 aromatic rings. The van der Waals surface area contributed by atoms with Crippen molar-refractivity contribution in [1.29, 1.82) is 0 Å². The minimum atomic E-state index is -3.94. The zero-order valence-electron chi connectivity index (χ0n) is 23.7. The summed E-state index contributed by atoms with van der Waals surface area (Å²) in [6, 6.07) is 18.4. The topological polar surface area (TPSA) is 110 Å². The summed E-state index contributed by atoms with van der Waals surface area (Å²) in [5.74, 6) is -1.94. The molecule has 3 aromatic carbocycles. The Labute approximate surface area is 265 Å². The number of benzene rings is 3. The van der Waals surface area contributed by atoms with Crippen molar-refractivity contribution in [2.75, 3.05) is 10.8 Å². The molecule has 6 rings (SSSR count). The third-order valence-electron chi connectivity index (χ3n) is 8.45. The van der Waals surface area contributed by atoms with E-state index in [0.29, 0.717) is 34.0 Å².